The molecule has 7 heteroatoms. The van der Waals surface area contributed by atoms with Crippen molar-refractivity contribution in [2.24, 2.45) is 0 Å². The van der Waals surface area contributed by atoms with Gasteiger partial charge in [-0.1, -0.05) is 53.1 Å². The standard InChI is InChI=1S/C17H13Cl3N2OS/c1-2-7-22(12-5-3-10(18)4-6-12)17-21-16(23)13-8-11(19)9-14(20)15(13)24-17/h3-6,8-9H,2,7H2,1H3. The maximum absolute atomic E-state index is 12.4. The van der Waals surface area contributed by atoms with Gasteiger partial charge in [0, 0.05) is 22.3 Å². The predicted octanol–water partition coefficient (Wildman–Crippen LogP) is 6.16. The molecule has 1 aromatic heterocycles. The lowest BCUT2D eigenvalue weighted by Gasteiger charge is -2.22. The maximum Gasteiger partial charge on any atom is 0.281 e. The Balaban J connectivity index is 2.18. The van der Waals surface area contributed by atoms with E-state index in [0.717, 1.165) is 18.7 Å². The molecular formula is C17H13Cl3N2OS. The Hall–Kier alpha value is -1.33. The van der Waals surface area contributed by atoms with E-state index in [0.29, 0.717) is 30.3 Å². The minimum absolute atomic E-state index is 0.335. The Morgan fingerprint density at radius 3 is 2.46 bits per heavy atom. The molecule has 0 aliphatic carbocycles. The first kappa shape index (κ1) is 17.5. The molecule has 0 amide bonds. The summed E-state index contributed by atoms with van der Waals surface area (Å²) in [5.41, 5.74) is 0.590. The number of fused-ring (bicyclic) bond motifs is 1. The van der Waals surface area contributed by atoms with E-state index in [2.05, 4.69) is 11.9 Å². The molecule has 24 heavy (non-hydrogen) atoms. The van der Waals surface area contributed by atoms with Crippen LogP contribution in [0.15, 0.2) is 41.2 Å². The minimum atomic E-state index is -0.335. The van der Waals surface area contributed by atoms with Crippen molar-refractivity contribution in [2.75, 3.05) is 11.4 Å². The Morgan fingerprint density at radius 1 is 1.08 bits per heavy atom. The molecule has 2 aromatic carbocycles. The highest BCUT2D eigenvalue weighted by atomic mass is 35.5. The molecule has 3 nitrogen and oxygen atoms in total. The van der Waals surface area contributed by atoms with Crippen LogP contribution in [0.3, 0.4) is 0 Å². The number of rotatable bonds is 4. The third kappa shape index (κ3) is 3.52. The van der Waals surface area contributed by atoms with Crippen LogP contribution in [-0.2, 0) is 0 Å². The summed E-state index contributed by atoms with van der Waals surface area (Å²) in [5.74, 6) is 0. The molecule has 0 bridgehead atoms. The van der Waals surface area contributed by atoms with Crippen LogP contribution in [0, 0.1) is 0 Å². The fourth-order valence-corrected chi connectivity index (χ4v) is 4.15. The summed E-state index contributed by atoms with van der Waals surface area (Å²) >= 11 is 19.6. The number of anilines is 2. The Labute approximate surface area is 158 Å². The summed E-state index contributed by atoms with van der Waals surface area (Å²) in [7, 11) is 0. The number of hydrogen-bond acceptors (Lipinski definition) is 4. The highest BCUT2D eigenvalue weighted by molar-refractivity contribution is 7.22. The second-order valence-electron chi connectivity index (χ2n) is 5.19. The van der Waals surface area contributed by atoms with E-state index in [-0.39, 0.29) is 5.56 Å². The van der Waals surface area contributed by atoms with Crippen molar-refractivity contribution in [1.82, 2.24) is 4.98 Å². The van der Waals surface area contributed by atoms with Crippen molar-refractivity contribution in [3.63, 3.8) is 0 Å². The molecule has 0 saturated heterocycles. The lowest BCUT2D eigenvalue weighted by Crippen LogP contribution is -2.21. The molecular weight excluding hydrogens is 387 g/mol. The van der Waals surface area contributed by atoms with E-state index in [1.807, 2.05) is 29.2 Å². The van der Waals surface area contributed by atoms with Crippen molar-refractivity contribution in [3.8, 4) is 0 Å². The first-order chi connectivity index (χ1) is 11.5. The van der Waals surface area contributed by atoms with E-state index < -0.39 is 0 Å². The van der Waals surface area contributed by atoms with Gasteiger partial charge in [0.15, 0.2) is 5.13 Å². The number of halogens is 3. The molecule has 0 radical (unpaired) electrons. The first-order valence-electron chi connectivity index (χ1n) is 7.32. The van der Waals surface area contributed by atoms with Crippen LogP contribution in [0.5, 0.6) is 0 Å². The van der Waals surface area contributed by atoms with Crippen LogP contribution in [-0.4, -0.2) is 11.5 Å². The van der Waals surface area contributed by atoms with E-state index in [9.17, 15) is 4.79 Å². The van der Waals surface area contributed by atoms with Gasteiger partial charge < -0.3 is 4.90 Å². The number of aromatic nitrogens is 1. The second-order valence-corrected chi connectivity index (χ2v) is 7.45. The van der Waals surface area contributed by atoms with Gasteiger partial charge in [0.25, 0.3) is 5.56 Å². The quantitative estimate of drug-likeness (QED) is 0.526. The largest absolute Gasteiger partial charge is 0.318 e. The molecule has 0 saturated carbocycles. The minimum Gasteiger partial charge on any atom is -0.318 e. The van der Waals surface area contributed by atoms with E-state index in [1.54, 1.807) is 12.1 Å². The number of hydrogen-bond donors (Lipinski definition) is 0. The molecule has 0 fully saturated rings. The molecule has 0 aliphatic rings. The Morgan fingerprint density at radius 2 is 1.79 bits per heavy atom. The van der Waals surface area contributed by atoms with Gasteiger partial charge in [0.05, 0.1) is 15.1 Å². The fraction of sp³-hybridized carbons (Fsp3) is 0.176. The van der Waals surface area contributed by atoms with Crippen molar-refractivity contribution >= 4 is 67.0 Å². The third-order valence-electron chi connectivity index (χ3n) is 3.45. The van der Waals surface area contributed by atoms with Crippen molar-refractivity contribution < 1.29 is 0 Å². The van der Waals surface area contributed by atoms with E-state index >= 15 is 0 Å². The zero-order chi connectivity index (χ0) is 17.3. The molecule has 0 N–H and O–H groups in total. The fourth-order valence-electron chi connectivity index (χ4n) is 2.38. The lowest BCUT2D eigenvalue weighted by molar-refractivity contribution is 0.878. The van der Waals surface area contributed by atoms with Gasteiger partial charge in [-0.05, 0) is 42.8 Å². The predicted molar refractivity (Wildman–Crippen MR) is 105 cm³/mol. The molecule has 3 rings (SSSR count). The highest BCUT2D eigenvalue weighted by Gasteiger charge is 2.15. The van der Waals surface area contributed by atoms with E-state index in [4.69, 9.17) is 34.8 Å². The smallest absolute Gasteiger partial charge is 0.281 e. The molecule has 1 heterocycles. The Bertz CT molecular complexity index is 941. The van der Waals surface area contributed by atoms with Gasteiger partial charge in [-0.2, -0.15) is 4.98 Å². The SMILES string of the molecule is CCCN(c1ccc(Cl)cc1)c1nc(=O)c2cc(Cl)cc(Cl)c2s1. The molecule has 0 aliphatic heterocycles. The molecule has 0 atom stereocenters. The summed E-state index contributed by atoms with van der Waals surface area (Å²) in [6.07, 6.45) is 0.900. The number of nitrogens with zero attached hydrogens (tertiary/aromatic N) is 2. The van der Waals surface area contributed by atoms with Crippen LogP contribution in [0.25, 0.3) is 10.1 Å². The zero-order valence-corrected chi connectivity index (χ0v) is 15.8. The molecule has 3 aromatic rings. The summed E-state index contributed by atoms with van der Waals surface area (Å²) < 4.78 is 0.686. The highest BCUT2D eigenvalue weighted by Crippen LogP contribution is 2.35. The summed E-state index contributed by atoms with van der Waals surface area (Å²) in [5, 5.41) is 2.58. The van der Waals surface area contributed by atoms with Crippen LogP contribution in [0.2, 0.25) is 15.1 Å². The summed E-state index contributed by atoms with van der Waals surface area (Å²) in [4.78, 5) is 18.7. The lowest BCUT2D eigenvalue weighted by atomic mass is 10.3. The monoisotopic (exact) mass is 398 g/mol. The average Bonchev–Trinajstić information content (AvgIpc) is 2.54. The summed E-state index contributed by atoms with van der Waals surface area (Å²) in [6.45, 7) is 2.79. The normalized spacial score (nSPS) is 11.0. The van der Waals surface area contributed by atoms with Crippen molar-refractivity contribution in [1.29, 1.82) is 0 Å². The van der Waals surface area contributed by atoms with Gasteiger partial charge in [0.1, 0.15) is 0 Å². The molecule has 0 unspecified atom stereocenters. The summed E-state index contributed by atoms with van der Waals surface area (Å²) in [6, 6.07) is 10.7. The molecule has 0 spiro atoms. The van der Waals surface area contributed by atoms with Gasteiger partial charge in [-0.15, -0.1) is 0 Å². The van der Waals surface area contributed by atoms with Crippen LogP contribution in [0.1, 0.15) is 13.3 Å². The third-order valence-corrected chi connectivity index (χ3v) is 5.46. The van der Waals surface area contributed by atoms with Crippen molar-refractivity contribution in [2.45, 2.75) is 13.3 Å². The molecule has 124 valence electrons. The van der Waals surface area contributed by atoms with Gasteiger partial charge in [-0.25, -0.2) is 0 Å². The second kappa shape index (κ2) is 7.28. The van der Waals surface area contributed by atoms with E-state index in [1.165, 1.54) is 11.3 Å². The van der Waals surface area contributed by atoms with Crippen LogP contribution in [0.4, 0.5) is 10.8 Å². The van der Waals surface area contributed by atoms with Gasteiger partial charge in [-0.3, -0.25) is 4.79 Å². The topological polar surface area (TPSA) is 33.2 Å². The van der Waals surface area contributed by atoms with Crippen molar-refractivity contribution in [3.05, 3.63) is 61.8 Å². The van der Waals surface area contributed by atoms with Crippen LogP contribution >= 0.6 is 46.1 Å². The van der Waals surface area contributed by atoms with Crippen LogP contribution < -0.4 is 10.5 Å². The average molecular weight is 400 g/mol. The maximum atomic E-state index is 12.4. The zero-order valence-electron chi connectivity index (χ0n) is 12.7. The van der Waals surface area contributed by atoms with Gasteiger partial charge in [0.2, 0.25) is 0 Å². The first-order valence-corrected chi connectivity index (χ1v) is 9.27. The van der Waals surface area contributed by atoms with Gasteiger partial charge >= 0.3 is 0 Å². The number of benzene rings is 2. The Kier molecular flexibility index (Phi) is 5.30.